The van der Waals surface area contributed by atoms with Crippen LogP contribution in [0.1, 0.15) is 19.3 Å². The molecule has 2 atom stereocenters. The van der Waals surface area contributed by atoms with E-state index in [0.717, 1.165) is 25.0 Å². The lowest BCUT2D eigenvalue weighted by Crippen LogP contribution is -2.23. The predicted molar refractivity (Wildman–Crippen MR) is 81.0 cm³/mol. The topological polar surface area (TPSA) is 81.2 Å². The molecule has 0 spiro atoms. The van der Waals surface area contributed by atoms with Crippen LogP contribution >= 0.6 is 23.7 Å². The number of nitrogens with one attached hydrogen (secondary N) is 1. The van der Waals surface area contributed by atoms with Crippen molar-refractivity contribution in [2.45, 2.75) is 25.3 Å². The van der Waals surface area contributed by atoms with E-state index in [2.05, 4.69) is 10.3 Å². The second kappa shape index (κ2) is 6.39. The monoisotopic (exact) mass is 313 g/mol. The summed E-state index contributed by atoms with van der Waals surface area (Å²) in [7, 11) is 0. The molecule has 1 aliphatic carbocycles. The van der Waals surface area contributed by atoms with Gasteiger partial charge in [-0.15, -0.1) is 23.7 Å². The van der Waals surface area contributed by atoms with Crippen molar-refractivity contribution >= 4 is 34.8 Å². The van der Waals surface area contributed by atoms with Crippen molar-refractivity contribution in [1.82, 2.24) is 4.98 Å². The van der Waals surface area contributed by atoms with Gasteiger partial charge in [-0.3, -0.25) is 4.79 Å². The van der Waals surface area contributed by atoms with E-state index in [4.69, 9.17) is 10.2 Å². The fourth-order valence-corrected chi connectivity index (χ4v) is 3.03. The standard InChI is InChI=1S/C13H15N3O2S.ClH/c14-9-4-3-8(6-9)12(17)16-13-15-10(7-19-13)11-2-1-5-18-11;/h1-2,5,7-9H,3-4,6,14H2,(H,15,16,17);1H. The SMILES string of the molecule is Cl.NC1CCC(C(=O)Nc2nc(-c3ccco3)cs2)C1. The van der Waals surface area contributed by atoms with Crippen LogP contribution in [0.15, 0.2) is 28.2 Å². The largest absolute Gasteiger partial charge is 0.463 e. The van der Waals surface area contributed by atoms with E-state index in [0.29, 0.717) is 10.9 Å². The minimum Gasteiger partial charge on any atom is -0.463 e. The molecule has 0 aromatic carbocycles. The molecule has 2 aromatic heterocycles. The molecule has 20 heavy (non-hydrogen) atoms. The molecule has 1 aliphatic rings. The van der Waals surface area contributed by atoms with Crippen molar-refractivity contribution in [3.8, 4) is 11.5 Å². The van der Waals surface area contributed by atoms with E-state index in [1.807, 2.05) is 17.5 Å². The van der Waals surface area contributed by atoms with Gasteiger partial charge in [0.2, 0.25) is 5.91 Å². The second-order valence-corrected chi connectivity index (χ2v) is 5.63. The zero-order chi connectivity index (χ0) is 13.2. The molecule has 3 rings (SSSR count). The lowest BCUT2D eigenvalue weighted by atomic mass is 10.1. The number of hydrogen-bond donors (Lipinski definition) is 2. The fraction of sp³-hybridized carbons (Fsp3) is 0.385. The lowest BCUT2D eigenvalue weighted by molar-refractivity contribution is -0.119. The van der Waals surface area contributed by atoms with E-state index in [-0.39, 0.29) is 30.3 Å². The van der Waals surface area contributed by atoms with Crippen LogP contribution in [-0.2, 0) is 4.79 Å². The first-order chi connectivity index (χ1) is 9.22. The molecule has 2 aromatic rings. The van der Waals surface area contributed by atoms with E-state index in [1.54, 1.807) is 6.26 Å². The van der Waals surface area contributed by atoms with E-state index in [9.17, 15) is 4.79 Å². The number of carbonyl (C=O) groups is 1. The number of anilines is 1. The highest BCUT2D eigenvalue weighted by molar-refractivity contribution is 7.14. The third-order valence-corrected chi connectivity index (χ3v) is 4.11. The van der Waals surface area contributed by atoms with Crippen molar-refractivity contribution in [1.29, 1.82) is 0 Å². The number of nitrogens with two attached hydrogens (primary N) is 1. The Morgan fingerprint density at radius 1 is 1.50 bits per heavy atom. The highest BCUT2D eigenvalue weighted by Gasteiger charge is 2.28. The Kier molecular flexibility index (Phi) is 4.80. The van der Waals surface area contributed by atoms with Gasteiger partial charge < -0.3 is 15.5 Å². The van der Waals surface area contributed by atoms with Gasteiger partial charge in [0, 0.05) is 17.3 Å². The Bertz CT molecular complexity index is 570. The summed E-state index contributed by atoms with van der Waals surface area (Å²) in [6.07, 6.45) is 4.16. The van der Waals surface area contributed by atoms with Gasteiger partial charge >= 0.3 is 0 Å². The summed E-state index contributed by atoms with van der Waals surface area (Å²) in [5.74, 6) is 0.749. The number of amides is 1. The summed E-state index contributed by atoms with van der Waals surface area (Å²) < 4.78 is 5.27. The van der Waals surface area contributed by atoms with Crippen molar-refractivity contribution in [2.75, 3.05) is 5.32 Å². The maximum absolute atomic E-state index is 12.0. The van der Waals surface area contributed by atoms with Gasteiger partial charge in [-0.2, -0.15) is 0 Å². The molecule has 0 radical (unpaired) electrons. The maximum Gasteiger partial charge on any atom is 0.229 e. The average molecular weight is 314 g/mol. The zero-order valence-corrected chi connectivity index (χ0v) is 12.4. The Morgan fingerprint density at radius 2 is 2.35 bits per heavy atom. The predicted octanol–water partition coefficient (Wildman–Crippen LogP) is 2.89. The van der Waals surface area contributed by atoms with Gasteiger partial charge in [-0.25, -0.2) is 4.98 Å². The molecule has 5 nitrogen and oxygen atoms in total. The molecule has 0 saturated heterocycles. The Labute approximate surface area is 127 Å². The molecule has 3 N–H and O–H groups in total. The second-order valence-electron chi connectivity index (χ2n) is 4.77. The number of rotatable bonds is 3. The molecule has 2 unspecified atom stereocenters. The first-order valence-corrected chi connectivity index (χ1v) is 7.16. The molecule has 1 saturated carbocycles. The molecule has 0 aliphatic heterocycles. The van der Waals surface area contributed by atoms with Crippen LogP contribution in [0.5, 0.6) is 0 Å². The average Bonchev–Trinajstić information content (AvgIpc) is 3.07. The van der Waals surface area contributed by atoms with Crippen LogP contribution < -0.4 is 11.1 Å². The van der Waals surface area contributed by atoms with Gasteiger partial charge in [0.05, 0.1) is 6.26 Å². The van der Waals surface area contributed by atoms with Crippen LogP contribution in [0.2, 0.25) is 0 Å². The van der Waals surface area contributed by atoms with E-state index in [1.165, 1.54) is 11.3 Å². The number of halogens is 1. The number of aromatic nitrogens is 1. The van der Waals surface area contributed by atoms with Gasteiger partial charge in [0.25, 0.3) is 0 Å². The minimum atomic E-state index is 0. The van der Waals surface area contributed by atoms with Crippen molar-refractivity contribution < 1.29 is 9.21 Å². The molecule has 1 fully saturated rings. The molecular weight excluding hydrogens is 298 g/mol. The number of thiazole rings is 1. The summed E-state index contributed by atoms with van der Waals surface area (Å²) in [6.45, 7) is 0. The third kappa shape index (κ3) is 3.20. The number of nitrogens with zero attached hydrogens (tertiary/aromatic N) is 1. The summed E-state index contributed by atoms with van der Waals surface area (Å²) in [5, 5.41) is 5.34. The Morgan fingerprint density at radius 3 is 3.00 bits per heavy atom. The Balaban J connectivity index is 0.00000147. The third-order valence-electron chi connectivity index (χ3n) is 3.35. The first-order valence-electron chi connectivity index (χ1n) is 6.28. The lowest BCUT2D eigenvalue weighted by Gasteiger charge is -2.08. The van der Waals surface area contributed by atoms with Gasteiger partial charge in [-0.05, 0) is 31.4 Å². The molecule has 0 bridgehead atoms. The fourth-order valence-electron chi connectivity index (χ4n) is 2.33. The van der Waals surface area contributed by atoms with Crippen molar-refractivity contribution in [3.05, 3.63) is 23.8 Å². The zero-order valence-electron chi connectivity index (χ0n) is 10.7. The van der Waals surface area contributed by atoms with Crippen molar-refractivity contribution in [3.63, 3.8) is 0 Å². The van der Waals surface area contributed by atoms with E-state index >= 15 is 0 Å². The van der Waals surface area contributed by atoms with Crippen LogP contribution in [0.25, 0.3) is 11.5 Å². The van der Waals surface area contributed by atoms with Gasteiger partial charge in [0.15, 0.2) is 10.9 Å². The molecule has 1 amide bonds. The van der Waals surface area contributed by atoms with Crippen LogP contribution in [0, 0.1) is 5.92 Å². The van der Waals surface area contributed by atoms with Gasteiger partial charge in [-0.1, -0.05) is 0 Å². The van der Waals surface area contributed by atoms with Crippen LogP contribution in [-0.4, -0.2) is 16.9 Å². The highest BCUT2D eigenvalue weighted by atomic mass is 35.5. The summed E-state index contributed by atoms with van der Waals surface area (Å²) in [4.78, 5) is 16.4. The van der Waals surface area contributed by atoms with Crippen LogP contribution in [0.4, 0.5) is 5.13 Å². The normalized spacial score (nSPS) is 21.4. The van der Waals surface area contributed by atoms with Gasteiger partial charge in [0.1, 0.15) is 5.69 Å². The quantitative estimate of drug-likeness (QED) is 0.913. The van der Waals surface area contributed by atoms with Crippen LogP contribution in [0.3, 0.4) is 0 Å². The summed E-state index contributed by atoms with van der Waals surface area (Å²) in [5.41, 5.74) is 6.56. The summed E-state index contributed by atoms with van der Waals surface area (Å²) >= 11 is 1.40. The Hall–Kier alpha value is -1.37. The summed E-state index contributed by atoms with van der Waals surface area (Å²) in [6, 6.07) is 3.81. The van der Waals surface area contributed by atoms with Crippen molar-refractivity contribution in [2.24, 2.45) is 11.7 Å². The molecule has 2 heterocycles. The smallest absolute Gasteiger partial charge is 0.229 e. The number of hydrogen-bond acceptors (Lipinski definition) is 5. The first kappa shape index (κ1) is 15.0. The molecule has 7 heteroatoms. The number of carbonyl (C=O) groups excluding carboxylic acids is 1. The molecule has 108 valence electrons. The number of furan rings is 1. The van der Waals surface area contributed by atoms with E-state index < -0.39 is 0 Å². The highest BCUT2D eigenvalue weighted by Crippen LogP contribution is 2.28. The minimum absolute atomic E-state index is 0. The maximum atomic E-state index is 12.0. The molecular formula is C13H16ClN3O2S.